The fraction of sp³-hybridized carbons (Fsp3) is 0.860. The third-order valence-corrected chi connectivity index (χ3v) is 15.6. The van der Waals surface area contributed by atoms with Crippen molar-refractivity contribution in [2.75, 3.05) is 39.5 Å². The van der Waals surface area contributed by atoms with Crippen molar-refractivity contribution < 1.29 is 28.5 Å². The summed E-state index contributed by atoms with van der Waals surface area (Å²) in [5.74, 6) is 4.42. The monoisotopic (exact) mass is 930 g/mol. The minimum absolute atomic E-state index is 0.118. The molecular formula is C57H107NO6Si. The number of aliphatic hydroxyl groups excluding tert-OH is 2. The Morgan fingerprint density at radius 1 is 0.692 bits per heavy atom. The number of aliphatic hydroxyl groups is 2. The number of unbranched alkanes of at least 4 members (excludes halogenated alkanes) is 14. The van der Waals surface area contributed by atoms with Crippen LogP contribution in [0.5, 0.6) is 11.5 Å². The maximum atomic E-state index is 9.30. The molecule has 0 spiro atoms. The molecule has 0 radical (unpaired) electrons. The number of fused-ring (bicyclic) bond motifs is 1. The number of benzene rings is 1. The second-order valence-corrected chi connectivity index (χ2v) is 25.0. The predicted molar refractivity (Wildman–Crippen MR) is 281 cm³/mol. The summed E-state index contributed by atoms with van der Waals surface area (Å²) in [6, 6.07) is 4.40. The first-order chi connectivity index (χ1) is 31.3. The van der Waals surface area contributed by atoms with Crippen LogP contribution in [0, 0.1) is 24.7 Å². The first-order valence-electron chi connectivity index (χ1n) is 27.7. The van der Waals surface area contributed by atoms with Crippen molar-refractivity contribution >= 4 is 8.56 Å². The second kappa shape index (κ2) is 36.5. The van der Waals surface area contributed by atoms with Gasteiger partial charge in [0, 0.05) is 26.1 Å². The first kappa shape index (κ1) is 59.7. The lowest BCUT2D eigenvalue weighted by atomic mass is 9.85. The fourth-order valence-electron chi connectivity index (χ4n) is 9.64. The Balaban J connectivity index is 1.90. The van der Waals surface area contributed by atoms with E-state index in [2.05, 4.69) is 90.7 Å². The molecule has 7 nitrogen and oxygen atoms in total. The molecule has 65 heavy (non-hydrogen) atoms. The Hall–Kier alpha value is -1.42. The summed E-state index contributed by atoms with van der Waals surface area (Å²) in [4.78, 5) is 2.13. The molecule has 4 unspecified atom stereocenters. The lowest BCUT2D eigenvalue weighted by Crippen LogP contribution is -2.41. The lowest BCUT2D eigenvalue weighted by molar-refractivity contribution is -0.0308. The van der Waals surface area contributed by atoms with E-state index in [4.69, 9.17) is 18.3 Å². The first-order valence-corrected chi connectivity index (χ1v) is 30.5. The number of ether oxygens (including phenoxy) is 2. The zero-order chi connectivity index (χ0) is 47.6. The van der Waals surface area contributed by atoms with Gasteiger partial charge in [0.15, 0.2) is 6.29 Å². The van der Waals surface area contributed by atoms with E-state index in [1.165, 1.54) is 134 Å². The summed E-state index contributed by atoms with van der Waals surface area (Å²) < 4.78 is 27.0. The lowest BCUT2D eigenvalue weighted by Gasteiger charge is -2.37. The number of aryl methyl sites for hydroxylation is 2. The van der Waals surface area contributed by atoms with Gasteiger partial charge in [-0.15, -0.1) is 0 Å². The minimum Gasteiger partial charge on any atom is -0.487 e. The van der Waals surface area contributed by atoms with Crippen molar-refractivity contribution in [3.05, 3.63) is 35.4 Å². The van der Waals surface area contributed by atoms with Crippen LogP contribution in [-0.4, -0.2) is 75.0 Å². The van der Waals surface area contributed by atoms with Crippen LogP contribution in [0.1, 0.15) is 232 Å². The molecule has 1 aliphatic rings. The third-order valence-electron chi connectivity index (χ3n) is 13.9. The average molecular weight is 931 g/mol. The molecule has 1 aromatic rings. The Labute approximate surface area is 404 Å². The van der Waals surface area contributed by atoms with Crippen molar-refractivity contribution in [1.29, 1.82) is 0 Å². The smallest absolute Gasteiger partial charge is 0.334 e. The minimum atomic E-state index is -2.46. The van der Waals surface area contributed by atoms with E-state index in [9.17, 15) is 10.2 Å². The van der Waals surface area contributed by atoms with Gasteiger partial charge in [0.25, 0.3) is 0 Å². The van der Waals surface area contributed by atoms with E-state index < -0.39 is 8.56 Å². The van der Waals surface area contributed by atoms with Gasteiger partial charge in [-0.3, -0.25) is 4.90 Å². The normalized spacial score (nSPS) is 16.9. The molecule has 2 N–H and O–H groups in total. The molecule has 0 aromatic heterocycles. The summed E-state index contributed by atoms with van der Waals surface area (Å²) >= 11 is 0. The van der Waals surface area contributed by atoms with Crippen molar-refractivity contribution in [3.8, 4) is 11.5 Å². The number of rotatable bonds is 43. The van der Waals surface area contributed by atoms with E-state index in [1.54, 1.807) is 0 Å². The number of hydrogen-bond acceptors (Lipinski definition) is 7. The zero-order valence-electron chi connectivity index (χ0n) is 44.3. The summed E-state index contributed by atoms with van der Waals surface area (Å²) in [5.41, 5.74) is 2.30. The van der Waals surface area contributed by atoms with Crippen molar-refractivity contribution in [3.63, 3.8) is 0 Å². The molecule has 1 aromatic carbocycles. The molecule has 0 fully saturated rings. The molecule has 0 saturated carbocycles. The maximum absolute atomic E-state index is 9.30. The van der Waals surface area contributed by atoms with Crippen molar-refractivity contribution in [1.82, 2.24) is 4.90 Å². The average Bonchev–Trinajstić information content (AvgIpc) is 3.25. The summed E-state index contributed by atoms with van der Waals surface area (Å²) in [7, 11) is -2.46. The summed E-state index contributed by atoms with van der Waals surface area (Å²) in [6.07, 6.45) is 40.2. The number of nitrogens with zero attached hydrogens (tertiary/aromatic N) is 1. The van der Waals surface area contributed by atoms with Crippen LogP contribution in [0.2, 0.25) is 13.1 Å². The van der Waals surface area contributed by atoms with Crippen LogP contribution in [0.3, 0.4) is 0 Å². The van der Waals surface area contributed by atoms with Crippen LogP contribution in [-0.2, 0) is 15.3 Å². The van der Waals surface area contributed by atoms with E-state index >= 15 is 0 Å². The Kier molecular flexibility index (Phi) is 33.6. The van der Waals surface area contributed by atoms with Crippen LogP contribution in [0.15, 0.2) is 24.3 Å². The molecule has 1 aliphatic heterocycles. The van der Waals surface area contributed by atoms with Gasteiger partial charge < -0.3 is 28.5 Å². The van der Waals surface area contributed by atoms with E-state index in [1.807, 2.05) is 0 Å². The quantitative estimate of drug-likeness (QED) is 0.0292. The maximum Gasteiger partial charge on any atom is 0.334 e. The largest absolute Gasteiger partial charge is 0.487 e. The highest BCUT2D eigenvalue weighted by molar-refractivity contribution is 6.64. The zero-order valence-corrected chi connectivity index (χ0v) is 45.3. The van der Waals surface area contributed by atoms with Gasteiger partial charge >= 0.3 is 8.56 Å². The Bertz CT molecular complexity index is 1320. The van der Waals surface area contributed by atoms with Crippen LogP contribution >= 0.6 is 0 Å². The van der Waals surface area contributed by atoms with Crippen LogP contribution in [0.4, 0.5) is 0 Å². The Morgan fingerprint density at radius 2 is 1.26 bits per heavy atom. The highest BCUT2D eigenvalue weighted by Crippen LogP contribution is 2.41. The molecule has 0 amide bonds. The van der Waals surface area contributed by atoms with Crippen LogP contribution < -0.4 is 9.47 Å². The van der Waals surface area contributed by atoms with Gasteiger partial charge in [-0.2, -0.15) is 0 Å². The van der Waals surface area contributed by atoms with E-state index in [-0.39, 0.29) is 25.1 Å². The molecule has 8 heteroatoms. The van der Waals surface area contributed by atoms with Gasteiger partial charge in [-0.1, -0.05) is 156 Å². The number of allylic oxidation sites excluding steroid dienone is 2. The number of hydrogen-bond donors (Lipinski definition) is 2. The molecule has 2 rings (SSSR count). The van der Waals surface area contributed by atoms with E-state index in [0.29, 0.717) is 19.7 Å². The van der Waals surface area contributed by atoms with E-state index in [0.717, 1.165) is 99.1 Å². The van der Waals surface area contributed by atoms with Gasteiger partial charge in [0.2, 0.25) is 0 Å². The molecule has 380 valence electrons. The molecule has 1 heterocycles. The van der Waals surface area contributed by atoms with Gasteiger partial charge in [0.05, 0.1) is 13.2 Å². The van der Waals surface area contributed by atoms with Gasteiger partial charge in [-0.25, -0.2) is 0 Å². The standard InChI is InChI=1S/C57H107NO6Si/c1-10-11-12-13-14-15-16-17-18-19-20-21-22-23-26-37-55(64-65(8,9)61-46-28-25-24-27-41-58(42-44-59)43-45-60)62-54-47-52(6)56-53(48-54)38-40-57(7,63-56)39-31-36-51(5)35-30-34-50(4)33-29-32-49(2)3/h17-18,47-51,55,59-60H,10-16,19-46H2,1-9H3/b18-17-. The topological polar surface area (TPSA) is 80.6 Å². The summed E-state index contributed by atoms with van der Waals surface area (Å²) in [5, 5.41) is 18.6. The molecule has 4 atom stereocenters. The van der Waals surface area contributed by atoms with Gasteiger partial charge in [-0.05, 0) is 145 Å². The van der Waals surface area contributed by atoms with Gasteiger partial charge in [0.1, 0.15) is 17.1 Å². The van der Waals surface area contributed by atoms with Crippen LogP contribution in [0.25, 0.3) is 0 Å². The van der Waals surface area contributed by atoms with Crippen molar-refractivity contribution in [2.24, 2.45) is 17.8 Å². The second-order valence-electron chi connectivity index (χ2n) is 21.6. The predicted octanol–water partition coefficient (Wildman–Crippen LogP) is 15.8. The SMILES string of the molecule is CCCCCCCC/C=C\CCCCCCCC(Oc1cc(C)c2c(c1)CCC(C)(CCCC(C)CCCC(C)CCCC(C)C)O2)O[Si](C)(C)OCCCCCCN(CCO)CCO. The fourth-order valence-corrected chi connectivity index (χ4v) is 11.1. The molecule has 0 aliphatic carbocycles. The third kappa shape index (κ3) is 29.9. The van der Waals surface area contributed by atoms with Crippen molar-refractivity contribution in [2.45, 2.75) is 260 Å². The highest BCUT2D eigenvalue weighted by Gasteiger charge is 2.34. The Morgan fingerprint density at radius 3 is 1.89 bits per heavy atom. The highest BCUT2D eigenvalue weighted by atomic mass is 28.4. The molecular weight excluding hydrogens is 823 g/mol. The molecule has 0 bridgehead atoms. The molecule has 0 saturated heterocycles. The summed E-state index contributed by atoms with van der Waals surface area (Å²) in [6.45, 7) is 23.8.